The molecule has 7 heterocycles. The second-order valence-electron chi connectivity index (χ2n) is 21.3. The summed E-state index contributed by atoms with van der Waals surface area (Å²) in [5.41, 5.74) is 0. The van der Waals surface area contributed by atoms with Gasteiger partial charge in [-0.1, -0.05) is 0 Å². The number of amides is 3. The molecule has 85 heavy (non-hydrogen) atoms. The van der Waals surface area contributed by atoms with Crippen molar-refractivity contribution in [3.63, 3.8) is 0 Å². The fourth-order valence-corrected chi connectivity index (χ4v) is 10.9. The van der Waals surface area contributed by atoms with Crippen LogP contribution in [-0.4, -0.2) is 370 Å². The van der Waals surface area contributed by atoms with Crippen LogP contribution >= 0.6 is 0 Å². The van der Waals surface area contributed by atoms with Crippen LogP contribution in [0.2, 0.25) is 0 Å². The third kappa shape index (κ3) is 15.3. The van der Waals surface area contributed by atoms with E-state index in [1.165, 1.54) is 0 Å². The van der Waals surface area contributed by atoms with Crippen molar-refractivity contribution in [3.05, 3.63) is 0 Å². The van der Waals surface area contributed by atoms with Gasteiger partial charge >= 0.3 is 0 Å². The van der Waals surface area contributed by atoms with E-state index in [4.69, 9.17) is 61.6 Å². The van der Waals surface area contributed by atoms with Crippen LogP contribution in [0.5, 0.6) is 0 Å². The van der Waals surface area contributed by atoms with Gasteiger partial charge in [0, 0.05) is 20.8 Å². The Morgan fingerprint density at radius 3 is 1.18 bits per heavy atom. The standard InChI is InChI=1S/C47H79N3O35/c1-11(57)48-21-30(66)36(18(8-55)74-41(21)72)81-43-23(50-13(3)59)31(67)37(19(9-56)79-43)82-47-40(85-45-34(70)27(63)17(7-54)77-45)38(28(64)20(80-47)10-73-44-35(71)32(68)25(61)15(5-52)76-44)83-46-39(33(69)26(62)16(6-53)78-46)84-42-22(49-12(2)58)29(65)24(60)14(4-51)75-42/h14-47,51-56,60-72H,4-10H2,1-3H3,(H,48,57)(H,49,58)(H,50,59)/t14-,15-,16-,17-,18-,19-,20-,21+,22-,23-,24-,25-,26-,27+,28-,29-,30-,31-,32+,33+,34-,35+,36-,37-,38+,39+,40+,41?,42+,43+,44+,45+,46-,47+/m1/s1. The van der Waals surface area contributed by atoms with Crippen molar-refractivity contribution >= 4 is 17.7 Å². The van der Waals surface area contributed by atoms with E-state index in [0.717, 1.165) is 20.8 Å². The molecule has 0 aromatic rings. The van der Waals surface area contributed by atoms with Crippen molar-refractivity contribution in [1.82, 2.24) is 16.0 Å². The van der Waals surface area contributed by atoms with Crippen molar-refractivity contribution in [2.75, 3.05) is 46.2 Å². The van der Waals surface area contributed by atoms with Crippen molar-refractivity contribution in [2.24, 2.45) is 0 Å². The molecule has 492 valence electrons. The van der Waals surface area contributed by atoms with Gasteiger partial charge in [0.25, 0.3) is 0 Å². The average molecular weight is 1250 g/mol. The molecule has 3 amide bonds. The first-order valence-corrected chi connectivity index (χ1v) is 27.0. The van der Waals surface area contributed by atoms with Gasteiger partial charge in [-0.05, 0) is 0 Å². The lowest BCUT2D eigenvalue weighted by molar-refractivity contribution is -0.405. The first-order valence-electron chi connectivity index (χ1n) is 27.0. The van der Waals surface area contributed by atoms with Crippen LogP contribution in [0.3, 0.4) is 0 Å². The first kappa shape index (κ1) is 69.6. The Morgan fingerprint density at radius 2 is 0.647 bits per heavy atom. The Labute approximate surface area is 481 Å². The number of hydrogen-bond acceptors (Lipinski definition) is 35. The second-order valence-corrected chi connectivity index (χ2v) is 21.3. The summed E-state index contributed by atoms with van der Waals surface area (Å²) in [5.74, 6) is -2.49. The van der Waals surface area contributed by atoms with Gasteiger partial charge in [0.15, 0.2) is 44.0 Å². The number of aliphatic hydroxyl groups excluding tert-OH is 19. The molecule has 0 aromatic heterocycles. The molecular formula is C47H79N3O35. The highest BCUT2D eigenvalue weighted by molar-refractivity contribution is 5.74. The van der Waals surface area contributed by atoms with Gasteiger partial charge in [-0.25, -0.2) is 0 Å². The van der Waals surface area contributed by atoms with E-state index in [-0.39, 0.29) is 0 Å². The Morgan fingerprint density at radius 1 is 0.306 bits per heavy atom. The molecule has 7 fully saturated rings. The quantitative estimate of drug-likeness (QED) is 0.0479. The third-order valence-corrected chi connectivity index (χ3v) is 15.4. The van der Waals surface area contributed by atoms with E-state index < -0.39 is 273 Å². The topological polar surface area (TPSA) is 592 Å². The van der Waals surface area contributed by atoms with Crippen molar-refractivity contribution in [2.45, 2.75) is 229 Å². The Kier molecular flexibility index (Phi) is 24.8. The minimum atomic E-state index is -2.34. The van der Waals surface area contributed by atoms with Crippen molar-refractivity contribution in [3.8, 4) is 0 Å². The van der Waals surface area contributed by atoms with E-state index in [0.29, 0.717) is 0 Å². The van der Waals surface area contributed by atoms with Gasteiger partial charge in [-0.15, -0.1) is 0 Å². The number of nitrogens with one attached hydrogen (secondary N) is 3. The zero-order valence-corrected chi connectivity index (χ0v) is 45.6. The molecule has 7 aliphatic heterocycles. The monoisotopic (exact) mass is 1250 g/mol. The highest BCUT2D eigenvalue weighted by Crippen LogP contribution is 2.39. The third-order valence-electron chi connectivity index (χ3n) is 15.4. The molecule has 0 bridgehead atoms. The summed E-state index contributed by atoms with van der Waals surface area (Å²) in [6, 6.07) is -5.21. The van der Waals surface area contributed by atoms with Gasteiger partial charge in [0.05, 0.1) is 46.2 Å². The highest BCUT2D eigenvalue weighted by Gasteiger charge is 2.60. The molecule has 34 atom stereocenters. The predicted octanol–water partition coefficient (Wildman–Crippen LogP) is -15.2. The maximum absolute atomic E-state index is 12.9. The van der Waals surface area contributed by atoms with Crippen LogP contribution in [0.25, 0.3) is 0 Å². The largest absolute Gasteiger partial charge is 0.394 e. The van der Waals surface area contributed by atoms with Gasteiger partial charge < -0.3 is 175 Å². The van der Waals surface area contributed by atoms with Crippen molar-refractivity contribution < 1.29 is 173 Å². The normalized spacial score (nSPS) is 48.8. The average Bonchev–Trinajstić information content (AvgIpc) is 1.60. The van der Waals surface area contributed by atoms with E-state index in [1.54, 1.807) is 0 Å². The number of carbonyl (C=O) groups excluding carboxylic acids is 3. The molecule has 1 unspecified atom stereocenters. The summed E-state index contributed by atoms with van der Waals surface area (Å²) in [4.78, 5) is 37.3. The predicted molar refractivity (Wildman–Crippen MR) is 261 cm³/mol. The van der Waals surface area contributed by atoms with E-state index in [2.05, 4.69) is 16.0 Å². The Balaban J connectivity index is 1.30. The molecule has 7 aliphatic rings. The molecule has 0 aliphatic carbocycles. The van der Waals surface area contributed by atoms with Crippen LogP contribution in [0, 0.1) is 0 Å². The van der Waals surface area contributed by atoms with Gasteiger partial charge in [-0.2, -0.15) is 0 Å². The smallest absolute Gasteiger partial charge is 0.217 e. The molecule has 7 rings (SSSR count). The summed E-state index contributed by atoms with van der Waals surface area (Å²) >= 11 is 0. The number of carbonyl (C=O) groups is 3. The zero-order chi connectivity index (χ0) is 62.6. The number of ether oxygens (including phenoxy) is 13. The van der Waals surface area contributed by atoms with E-state index in [1.807, 2.05) is 0 Å². The second kappa shape index (κ2) is 30.3. The summed E-state index contributed by atoms with van der Waals surface area (Å²) in [6.45, 7) is -4.06. The number of hydrogen-bond donors (Lipinski definition) is 22. The maximum atomic E-state index is 12.9. The first-order chi connectivity index (χ1) is 40.2. The molecule has 0 radical (unpaired) electrons. The van der Waals surface area contributed by atoms with Crippen molar-refractivity contribution in [1.29, 1.82) is 0 Å². The molecule has 7 saturated heterocycles. The SMILES string of the molecule is CC(=O)N[C@H]1[C@H](O[C@H]2[C@H](O)[C@H](NC(C)=O)C(O)O[C@@H]2CO)O[C@H](CO)[C@@H](O[C@@H]2O[C@H](CO[C@H]3O[C@H](CO)[C@@H](O)[C@H](O)[C@@H]3O)[C@@H](O)[C@H](O[C@H]3O[C@H](CO)[C@@H](O)[C@H](O)[C@@H]3O[C@@H]3O[C@H](CO)[C@@H](O)[C@H](O)[C@H]3NC(C)=O)[C@@H]2O[C@@H]2O[C@H](CO)[C@H](O)[C@H]2O)[C@@H]1O. The summed E-state index contributed by atoms with van der Waals surface area (Å²) < 4.78 is 77.1. The minimum Gasteiger partial charge on any atom is -0.394 e. The fraction of sp³-hybridized carbons (Fsp3) is 0.936. The highest BCUT2D eigenvalue weighted by atomic mass is 16.8. The number of rotatable bonds is 22. The molecule has 0 spiro atoms. The van der Waals surface area contributed by atoms with E-state index >= 15 is 0 Å². The van der Waals surface area contributed by atoms with Crippen LogP contribution in [0.15, 0.2) is 0 Å². The number of aliphatic hydroxyl groups is 19. The minimum absolute atomic E-state index is 0.752. The molecule has 38 nitrogen and oxygen atoms in total. The van der Waals surface area contributed by atoms with Crippen LogP contribution in [-0.2, 0) is 76.0 Å². The fourth-order valence-electron chi connectivity index (χ4n) is 10.9. The van der Waals surface area contributed by atoms with Gasteiger partial charge in [0.2, 0.25) is 17.7 Å². The lowest BCUT2D eigenvalue weighted by atomic mass is 9.93. The molecule has 0 aromatic carbocycles. The molecular weight excluding hydrogens is 1170 g/mol. The molecule has 0 saturated carbocycles. The lowest BCUT2D eigenvalue weighted by Crippen LogP contribution is -2.71. The van der Waals surface area contributed by atoms with E-state index in [9.17, 15) is 111 Å². The lowest BCUT2D eigenvalue weighted by Gasteiger charge is -2.51. The maximum Gasteiger partial charge on any atom is 0.217 e. The Hall–Kier alpha value is -2.87. The molecule has 22 N–H and O–H groups in total. The van der Waals surface area contributed by atoms with Gasteiger partial charge in [0.1, 0.15) is 165 Å². The van der Waals surface area contributed by atoms with Crippen LogP contribution < -0.4 is 16.0 Å². The zero-order valence-electron chi connectivity index (χ0n) is 45.6. The summed E-state index contributed by atoms with van der Waals surface area (Å²) in [6.07, 6.45) is -61.9. The van der Waals surface area contributed by atoms with Crippen LogP contribution in [0.1, 0.15) is 20.8 Å². The van der Waals surface area contributed by atoms with Gasteiger partial charge in [-0.3, -0.25) is 14.4 Å². The van der Waals surface area contributed by atoms with Crippen LogP contribution in [0.4, 0.5) is 0 Å². The Bertz CT molecular complexity index is 2130. The summed E-state index contributed by atoms with van der Waals surface area (Å²) in [5, 5.41) is 214. The molecule has 38 heteroatoms. The summed E-state index contributed by atoms with van der Waals surface area (Å²) in [7, 11) is 0.